The second kappa shape index (κ2) is 9.07. The number of carbonyl (C=O) groups is 1. The highest BCUT2D eigenvalue weighted by Gasteiger charge is 2.22. The van der Waals surface area contributed by atoms with Gasteiger partial charge in [-0.05, 0) is 58.1 Å². The molecule has 31 heavy (non-hydrogen) atoms. The molecule has 2 heterocycles. The summed E-state index contributed by atoms with van der Waals surface area (Å²) in [6.07, 6.45) is 0. The predicted molar refractivity (Wildman–Crippen MR) is 120 cm³/mol. The Bertz CT molecular complexity index is 1190. The summed E-state index contributed by atoms with van der Waals surface area (Å²) in [6.45, 7) is 5.71. The van der Waals surface area contributed by atoms with E-state index in [1.165, 1.54) is 28.2 Å². The number of nitrogens with zero attached hydrogens (tertiary/aromatic N) is 4. The second-order valence-corrected chi connectivity index (χ2v) is 8.69. The van der Waals surface area contributed by atoms with Gasteiger partial charge in [-0.25, -0.2) is 14.1 Å². The van der Waals surface area contributed by atoms with E-state index in [1.807, 2.05) is 38.9 Å². The van der Waals surface area contributed by atoms with Crippen molar-refractivity contribution in [3.05, 3.63) is 67.8 Å². The number of rotatable bonds is 6. The molecule has 7 nitrogen and oxygen atoms in total. The molecule has 0 radical (unpaired) electrons. The lowest BCUT2D eigenvalue weighted by molar-refractivity contribution is 0.0945. The van der Waals surface area contributed by atoms with Crippen molar-refractivity contribution >= 4 is 17.2 Å². The Morgan fingerprint density at radius 3 is 2.61 bits per heavy atom. The summed E-state index contributed by atoms with van der Waals surface area (Å²) in [5.41, 5.74) is 3.04. The van der Waals surface area contributed by atoms with Crippen LogP contribution >= 0.6 is 11.3 Å². The average Bonchev–Trinajstić information content (AvgIpc) is 3.08. The van der Waals surface area contributed by atoms with Crippen LogP contribution in [-0.4, -0.2) is 46.2 Å². The first-order chi connectivity index (χ1) is 14.6. The highest BCUT2D eigenvalue weighted by atomic mass is 32.1. The Labute approximate surface area is 184 Å². The van der Waals surface area contributed by atoms with Crippen molar-refractivity contribution in [2.24, 2.45) is 7.05 Å². The van der Waals surface area contributed by atoms with Crippen molar-refractivity contribution in [1.82, 2.24) is 25.0 Å². The fraction of sp³-hybridized carbons (Fsp3) is 0.364. The Hall–Kier alpha value is -2.91. The number of likely N-dealkylation sites (N-methyl/N-ethyl adjacent to an activating group) is 1. The van der Waals surface area contributed by atoms with E-state index in [2.05, 4.69) is 15.4 Å². The lowest BCUT2D eigenvalue weighted by Gasteiger charge is -2.25. The van der Waals surface area contributed by atoms with Crippen LogP contribution in [0.15, 0.2) is 29.1 Å². The van der Waals surface area contributed by atoms with Gasteiger partial charge in [0.25, 0.3) is 11.5 Å². The van der Waals surface area contributed by atoms with Crippen LogP contribution in [-0.2, 0) is 7.05 Å². The third-order valence-corrected chi connectivity index (χ3v) is 6.43. The summed E-state index contributed by atoms with van der Waals surface area (Å²) in [7, 11) is 5.35. The standard InChI is InChI=1S/C22H26FN5O2S/c1-12-13(2)26-28(6)22(30)18(12)21-25-14(3)19(31-21)20(29)24-11-17(27(4)5)15-8-7-9-16(23)10-15/h7-10,17H,11H2,1-6H3,(H,24,29)/t17-/m1/s1. The zero-order chi connectivity index (χ0) is 22.9. The van der Waals surface area contributed by atoms with Crippen LogP contribution in [0.2, 0.25) is 0 Å². The van der Waals surface area contributed by atoms with Crippen molar-refractivity contribution in [1.29, 1.82) is 0 Å². The third-order valence-electron chi connectivity index (χ3n) is 5.25. The van der Waals surface area contributed by atoms with E-state index in [1.54, 1.807) is 20.0 Å². The van der Waals surface area contributed by atoms with E-state index < -0.39 is 0 Å². The third kappa shape index (κ3) is 4.72. The van der Waals surface area contributed by atoms with Crippen molar-refractivity contribution in [2.75, 3.05) is 20.6 Å². The predicted octanol–water partition coefficient (Wildman–Crippen LogP) is 3.00. The molecular formula is C22H26FN5O2S. The van der Waals surface area contributed by atoms with Crippen molar-refractivity contribution in [3.8, 4) is 10.6 Å². The monoisotopic (exact) mass is 443 g/mol. The van der Waals surface area contributed by atoms with E-state index in [0.29, 0.717) is 27.7 Å². The van der Waals surface area contributed by atoms with Crippen LogP contribution < -0.4 is 10.9 Å². The van der Waals surface area contributed by atoms with Gasteiger partial charge in [0.2, 0.25) is 0 Å². The number of nitrogens with one attached hydrogen (secondary N) is 1. The summed E-state index contributed by atoms with van der Waals surface area (Å²) in [5, 5.41) is 7.62. The minimum Gasteiger partial charge on any atom is -0.349 e. The smallest absolute Gasteiger partial charge is 0.277 e. The Kier molecular flexibility index (Phi) is 6.66. The first-order valence-electron chi connectivity index (χ1n) is 9.82. The number of thiazole rings is 1. The van der Waals surface area contributed by atoms with E-state index in [9.17, 15) is 14.0 Å². The van der Waals surface area contributed by atoms with Crippen LogP contribution in [0.1, 0.15) is 38.2 Å². The van der Waals surface area contributed by atoms with Gasteiger partial charge in [0, 0.05) is 13.6 Å². The quantitative estimate of drug-likeness (QED) is 0.634. The number of aromatic nitrogens is 3. The molecule has 0 spiro atoms. The lowest BCUT2D eigenvalue weighted by Crippen LogP contribution is -2.34. The molecule has 2 aromatic heterocycles. The topological polar surface area (TPSA) is 80.1 Å². The maximum atomic E-state index is 13.6. The first-order valence-corrected chi connectivity index (χ1v) is 10.6. The summed E-state index contributed by atoms with van der Waals surface area (Å²) in [5.74, 6) is -0.590. The highest BCUT2D eigenvalue weighted by Crippen LogP contribution is 2.29. The Balaban J connectivity index is 1.86. The van der Waals surface area contributed by atoms with Gasteiger partial charge >= 0.3 is 0 Å². The number of hydrogen-bond acceptors (Lipinski definition) is 6. The number of aryl methyl sites for hydroxylation is 3. The van der Waals surface area contributed by atoms with Gasteiger partial charge in [0.05, 0.1) is 23.0 Å². The van der Waals surface area contributed by atoms with E-state index in [-0.39, 0.29) is 23.3 Å². The van der Waals surface area contributed by atoms with Gasteiger partial charge in [-0.1, -0.05) is 12.1 Å². The van der Waals surface area contributed by atoms with E-state index in [4.69, 9.17) is 0 Å². The SMILES string of the molecule is Cc1nc(-c2c(C)c(C)nn(C)c2=O)sc1C(=O)NC[C@H](c1cccc(F)c1)N(C)C. The van der Waals surface area contributed by atoms with Crippen LogP contribution in [0.4, 0.5) is 4.39 Å². The minimum atomic E-state index is -0.316. The molecule has 0 saturated heterocycles. The molecular weight excluding hydrogens is 417 g/mol. The molecule has 9 heteroatoms. The number of halogens is 1. The number of amides is 1. The fourth-order valence-electron chi connectivity index (χ4n) is 3.40. The number of carbonyl (C=O) groups excluding carboxylic acids is 1. The van der Waals surface area contributed by atoms with Crippen LogP contribution in [0.25, 0.3) is 10.6 Å². The molecule has 0 aliphatic carbocycles. The summed E-state index contributed by atoms with van der Waals surface area (Å²) in [6, 6.07) is 6.16. The number of hydrogen-bond donors (Lipinski definition) is 1. The van der Waals surface area contributed by atoms with E-state index in [0.717, 1.165) is 16.8 Å². The van der Waals surface area contributed by atoms with Crippen molar-refractivity contribution < 1.29 is 9.18 Å². The molecule has 3 aromatic rings. The molecule has 1 aromatic carbocycles. The Morgan fingerprint density at radius 2 is 1.97 bits per heavy atom. The molecule has 0 unspecified atom stereocenters. The molecule has 0 bridgehead atoms. The average molecular weight is 444 g/mol. The molecule has 164 valence electrons. The lowest BCUT2D eigenvalue weighted by atomic mass is 10.1. The summed E-state index contributed by atoms with van der Waals surface area (Å²) >= 11 is 1.19. The maximum Gasteiger partial charge on any atom is 0.277 e. The first kappa shape index (κ1) is 22.8. The van der Waals surface area contributed by atoms with Gasteiger partial charge in [-0.3, -0.25) is 9.59 Å². The van der Waals surface area contributed by atoms with Crippen LogP contribution in [0.5, 0.6) is 0 Å². The molecule has 1 atom stereocenters. The summed E-state index contributed by atoms with van der Waals surface area (Å²) in [4.78, 5) is 32.4. The molecule has 1 N–H and O–H groups in total. The zero-order valence-electron chi connectivity index (χ0n) is 18.5. The molecule has 1 amide bonds. The van der Waals surface area contributed by atoms with Gasteiger partial charge in [-0.2, -0.15) is 5.10 Å². The largest absolute Gasteiger partial charge is 0.349 e. The van der Waals surface area contributed by atoms with Gasteiger partial charge in [0.1, 0.15) is 15.7 Å². The maximum absolute atomic E-state index is 13.6. The van der Waals surface area contributed by atoms with Crippen LogP contribution in [0, 0.1) is 26.6 Å². The molecule has 3 rings (SSSR count). The molecule has 0 saturated carbocycles. The zero-order valence-corrected chi connectivity index (χ0v) is 19.3. The highest BCUT2D eigenvalue weighted by molar-refractivity contribution is 7.17. The van der Waals surface area contributed by atoms with Crippen molar-refractivity contribution in [3.63, 3.8) is 0 Å². The van der Waals surface area contributed by atoms with Crippen LogP contribution in [0.3, 0.4) is 0 Å². The normalized spacial score (nSPS) is 12.3. The van der Waals surface area contributed by atoms with E-state index >= 15 is 0 Å². The molecule has 0 aliphatic rings. The molecule has 0 aliphatic heterocycles. The van der Waals surface area contributed by atoms with Gasteiger partial charge in [-0.15, -0.1) is 11.3 Å². The molecule has 0 fully saturated rings. The Morgan fingerprint density at radius 1 is 1.26 bits per heavy atom. The van der Waals surface area contributed by atoms with Gasteiger partial charge < -0.3 is 10.2 Å². The van der Waals surface area contributed by atoms with Gasteiger partial charge in [0.15, 0.2) is 0 Å². The number of benzene rings is 1. The minimum absolute atomic E-state index is 0.190. The van der Waals surface area contributed by atoms with Crippen molar-refractivity contribution in [2.45, 2.75) is 26.8 Å². The second-order valence-electron chi connectivity index (χ2n) is 7.69. The fourth-order valence-corrected chi connectivity index (χ4v) is 4.47. The summed E-state index contributed by atoms with van der Waals surface area (Å²) < 4.78 is 14.9.